The number of aromatic nitrogens is 4. The van der Waals surface area contributed by atoms with Crippen LogP contribution in [-0.2, 0) is 4.79 Å². The summed E-state index contributed by atoms with van der Waals surface area (Å²) in [6, 6.07) is 18.1. The molecule has 5 rings (SSSR count). The number of hydrogen-bond acceptors (Lipinski definition) is 7. The number of pyridine rings is 1. The number of benzene rings is 2. The maximum absolute atomic E-state index is 13.6. The van der Waals surface area contributed by atoms with Gasteiger partial charge in [0, 0.05) is 23.7 Å². The number of methoxy groups -OCH3 is 2. The maximum atomic E-state index is 13.6. The lowest BCUT2D eigenvalue weighted by atomic mass is 9.96. The van der Waals surface area contributed by atoms with Crippen LogP contribution in [0.2, 0.25) is 0 Å². The van der Waals surface area contributed by atoms with Gasteiger partial charge in [-0.1, -0.05) is 24.3 Å². The molecule has 176 valence electrons. The first-order valence-electron chi connectivity index (χ1n) is 11.0. The highest BCUT2D eigenvalue weighted by Crippen LogP contribution is 2.37. The first-order valence-corrected chi connectivity index (χ1v) is 11.0. The summed E-state index contributed by atoms with van der Waals surface area (Å²) in [4.78, 5) is 22.5. The number of anilines is 2. The minimum absolute atomic E-state index is 0.273. The van der Waals surface area contributed by atoms with Crippen molar-refractivity contribution in [2.24, 2.45) is 0 Å². The molecule has 0 aliphatic carbocycles. The molecular formula is C26H24N6O3. The van der Waals surface area contributed by atoms with E-state index in [0.29, 0.717) is 40.2 Å². The molecule has 1 aliphatic heterocycles. The van der Waals surface area contributed by atoms with Crippen LogP contribution < -0.4 is 20.1 Å². The van der Waals surface area contributed by atoms with E-state index in [4.69, 9.17) is 19.6 Å². The summed E-state index contributed by atoms with van der Waals surface area (Å²) in [6.07, 6.45) is 3.39. The number of carbonyl (C=O) groups excluding carboxylic acids is 1. The largest absolute Gasteiger partial charge is 0.497 e. The molecule has 1 atom stereocenters. The first-order chi connectivity index (χ1) is 17.1. The SMILES string of the molecule is COc1cccc(-c2nc3n(n2)[C@H](c2ccncc2)C(C(=O)Nc2ccccc2OC)=C(C)N3)c1. The number of fused-ring (bicyclic) bond motifs is 1. The van der Waals surface area contributed by atoms with Gasteiger partial charge in [-0.25, -0.2) is 4.68 Å². The van der Waals surface area contributed by atoms with Gasteiger partial charge in [0.1, 0.15) is 17.5 Å². The van der Waals surface area contributed by atoms with E-state index in [9.17, 15) is 4.79 Å². The fourth-order valence-electron chi connectivity index (χ4n) is 4.12. The smallest absolute Gasteiger partial charge is 0.255 e. The highest BCUT2D eigenvalue weighted by Gasteiger charge is 2.34. The van der Waals surface area contributed by atoms with Crippen molar-refractivity contribution in [3.05, 3.63) is 89.9 Å². The minimum atomic E-state index is -0.518. The number of nitrogens with zero attached hydrogens (tertiary/aromatic N) is 4. The zero-order valence-electron chi connectivity index (χ0n) is 19.5. The Morgan fingerprint density at radius 3 is 2.60 bits per heavy atom. The van der Waals surface area contributed by atoms with E-state index in [2.05, 4.69) is 15.6 Å². The molecule has 1 amide bonds. The van der Waals surface area contributed by atoms with E-state index in [-0.39, 0.29) is 5.91 Å². The molecule has 0 fully saturated rings. The molecule has 0 radical (unpaired) electrons. The molecule has 0 saturated carbocycles. The van der Waals surface area contributed by atoms with Crippen LogP contribution in [0.3, 0.4) is 0 Å². The number of ether oxygens (including phenoxy) is 2. The maximum Gasteiger partial charge on any atom is 0.255 e. The molecule has 4 aromatic rings. The van der Waals surface area contributed by atoms with E-state index in [1.165, 1.54) is 0 Å². The van der Waals surface area contributed by atoms with Crippen LogP contribution in [0.15, 0.2) is 84.3 Å². The lowest BCUT2D eigenvalue weighted by Gasteiger charge is -2.28. The van der Waals surface area contributed by atoms with Crippen LogP contribution in [-0.4, -0.2) is 39.9 Å². The van der Waals surface area contributed by atoms with Crippen LogP contribution in [0, 0.1) is 0 Å². The van der Waals surface area contributed by atoms with Gasteiger partial charge in [-0.05, 0) is 48.9 Å². The number of allylic oxidation sites excluding steroid dienone is 1. The van der Waals surface area contributed by atoms with Crippen molar-refractivity contribution in [2.45, 2.75) is 13.0 Å². The van der Waals surface area contributed by atoms with Gasteiger partial charge in [0.25, 0.3) is 5.91 Å². The highest BCUT2D eigenvalue weighted by molar-refractivity contribution is 6.06. The zero-order valence-corrected chi connectivity index (χ0v) is 19.5. The number of para-hydroxylation sites is 2. The van der Waals surface area contributed by atoms with Crippen molar-refractivity contribution in [1.29, 1.82) is 0 Å². The molecule has 9 heteroatoms. The molecule has 0 bridgehead atoms. The molecule has 0 unspecified atom stereocenters. The fourth-order valence-corrected chi connectivity index (χ4v) is 4.12. The molecule has 9 nitrogen and oxygen atoms in total. The summed E-state index contributed by atoms with van der Waals surface area (Å²) in [7, 11) is 3.19. The molecule has 0 spiro atoms. The van der Waals surface area contributed by atoms with E-state index >= 15 is 0 Å². The lowest BCUT2D eigenvalue weighted by Crippen LogP contribution is -2.31. The Morgan fingerprint density at radius 2 is 1.83 bits per heavy atom. The van der Waals surface area contributed by atoms with E-state index < -0.39 is 6.04 Å². The second-order valence-electron chi connectivity index (χ2n) is 7.94. The summed E-state index contributed by atoms with van der Waals surface area (Å²) in [5, 5.41) is 11.0. The number of hydrogen-bond donors (Lipinski definition) is 2. The molecular weight excluding hydrogens is 444 g/mol. The van der Waals surface area contributed by atoms with E-state index in [0.717, 1.165) is 11.1 Å². The van der Waals surface area contributed by atoms with E-state index in [1.54, 1.807) is 43.4 Å². The number of rotatable bonds is 6. The monoisotopic (exact) mass is 468 g/mol. The molecule has 2 aromatic heterocycles. The van der Waals surface area contributed by atoms with Crippen LogP contribution >= 0.6 is 0 Å². The van der Waals surface area contributed by atoms with Gasteiger partial charge in [-0.15, -0.1) is 5.10 Å². The molecule has 3 heterocycles. The lowest BCUT2D eigenvalue weighted by molar-refractivity contribution is -0.113. The van der Waals surface area contributed by atoms with Crippen molar-refractivity contribution in [3.63, 3.8) is 0 Å². The first kappa shape index (κ1) is 22.1. The summed E-state index contributed by atoms with van der Waals surface area (Å²) in [5.74, 6) is 2.07. The third-order valence-corrected chi connectivity index (χ3v) is 5.80. The van der Waals surface area contributed by atoms with E-state index in [1.807, 2.05) is 55.5 Å². The number of amides is 1. The van der Waals surface area contributed by atoms with Crippen LogP contribution in [0.1, 0.15) is 18.5 Å². The summed E-state index contributed by atoms with van der Waals surface area (Å²) >= 11 is 0. The van der Waals surface area contributed by atoms with Crippen molar-refractivity contribution in [2.75, 3.05) is 24.9 Å². The van der Waals surface area contributed by atoms with Crippen molar-refractivity contribution < 1.29 is 14.3 Å². The fraction of sp³-hybridized carbons (Fsp3) is 0.154. The molecule has 1 aliphatic rings. The second-order valence-corrected chi connectivity index (χ2v) is 7.94. The van der Waals surface area contributed by atoms with Crippen molar-refractivity contribution in [1.82, 2.24) is 19.7 Å². The van der Waals surface area contributed by atoms with Gasteiger partial charge in [0.05, 0.1) is 25.5 Å². The normalized spacial score (nSPS) is 14.7. The average molecular weight is 469 g/mol. The Hall–Kier alpha value is -4.66. The van der Waals surface area contributed by atoms with Gasteiger partial charge in [0.2, 0.25) is 5.95 Å². The Balaban J connectivity index is 1.58. The minimum Gasteiger partial charge on any atom is -0.497 e. The van der Waals surface area contributed by atoms with Gasteiger partial charge in [-0.3, -0.25) is 9.78 Å². The molecule has 35 heavy (non-hydrogen) atoms. The molecule has 0 saturated heterocycles. The van der Waals surface area contributed by atoms with Gasteiger partial charge in [-0.2, -0.15) is 4.98 Å². The highest BCUT2D eigenvalue weighted by atomic mass is 16.5. The Labute approximate surface area is 202 Å². The molecule has 2 aromatic carbocycles. The number of nitrogens with one attached hydrogen (secondary N) is 2. The Bertz CT molecular complexity index is 1410. The number of carbonyl (C=O) groups is 1. The third kappa shape index (κ3) is 4.19. The third-order valence-electron chi connectivity index (χ3n) is 5.80. The predicted octanol–water partition coefficient (Wildman–Crippen LogP) is 4.28. The molecule has 2 N–H and O–H groups in total. The summed E-state index contributed by atoms with van der Waals surface area (Å²) < 4.78 is 12.5. The second kappa shape index (κ2) is 9.30. The summed E-state index contributed by atoms with van der Waals surface area (Å²) in [6.45, 7) is 1.86. The van der Waals surface area contributed by atoms with Crippen LogP contribution in [0.4, 0.5) is 11.6 Å². The Morgan fingerprint density at radius 1 is 1.03 bits per heavy atom. The standard InChI is InChI=1S/C26H24N6O3/c1-16-22(25(33)29-20-9-4-5-10-21(20)35-3)23(17-11-13-27-14-12-17)32-26(28-16)30-24(31-32)18-7-6-8-19(15-18)34-2/h4-15,23H,1-3H3,(H,29,33)(H,28,30,31)/t23-/m1/s1. The topological polar surface area (TPSA) is 103 Å². The zero-order chi connectivity index (χ0) is 24.4. The quantitative estimate of drug-likeness (QED) is 0.435. The van der Waals surface area contributed by atoms with Gasteiger partial charge >= 0.3 is 0 Å². The van der Waals surface area contributed by atoms with Crippen molar-refractivity contribution >= 4 is 17.5 Å². The predicted molar refractivity (Wildman–Crippen MR) is 132 cm³/mol. The van der Waals surface area contributed by atoms with Gasteiger partial charge in [0.15, 0.2) is 5.82 Å². The van der Waals surface area contributed by atoms with Crippen molar-refractivity contribution in [3.8, 4) is 22.9 Å². The van der Waals surface area contributed by atoms with Crippen LogP contribution in [0.25, 0.3) is 11.4 Å². The van der Waals surface area contributed by atoms with Crippen LogP contribution in [0.5, 0.6) is 11.5 Å². The Kier molecular flexibility index (Phi) is 5.88. The van der Waals surface area contributed by atoms with Gasteiger partial charge < -0.3 is 20.1 Å². The summed E-state index contributed by atoms with van der Waals surface area (Å²) in [5.41, 5.74) is 3.43. The average Bonchev–Trinajstić information content (AvgIpc) is 3.32.